The molecule has 0 aliphatic heterocycles. The van der Waals surface area contributed by atoms with Gasteiger partial charge in [0, 0.05) is 22.8 Å². The van der Waals surface area contributed by atoms with E-state index in [1.165, 1.54) is 6.07 Å². The van der Waals surface area contributed by atoms with Gasteiger partial charge < -0.3 is 9.67 Å². The fourth-order valence-electron chi connectivity index (χ4n) is 4.55. The zero-order valence-corrected chi connectivity index (χ0v) is 18.7. The van der Waals surface area contributed by atoms with Crippen LogP contribution in [0, 0.1) is 6.92 Å². The number of ketones is 1. The number of allylic oxidation sites excluding steroid dienone is 4. The summed E-state index contributed by atoms with van der Waals surface area (Å²) in [4.78, 5) is 13.4. The predicted molar refractivity (Wildman–Crippen MR) is 131 cm³/mol. The molecule has 0 radical (unpaired) electrons. The standard InChI is InChI=1S/C29H20F3NO2/c1-3-20(21-12-5-4-9-17(21)2)25-27(34)26(28(25)35)23-16-33(24-14-7-6-13-22(23)24)19-11-8-10-18(15-19)29(30,31)32/h3-16,34H,1H2,2H3/b25-20+. The third-order valence-corrected chi connectivity index (χ3v) is 6.27. The van der Waals surface area contributed by atoms with E-state index >= 15 is 0 Å². The number of hydrogen-bond acceptors (Lipinski definition) is 2. The molecule has 174 valence electrons. The number of carbonyl (C=O) groups excluding carboxylic acids is 1. The Kier molecular flexibility index (Phi) is 5.24. The minimum Gasteiger partial charge on any atom is -0.506 e. The summed E-state index contributed by atoms with van der Waals surface area (Å²) >= 11 is 0. The number of carbonyl (C=O) groups is 1. The number of aryl methyl sites for hydroxylation is 1. The summed E-state index contributed by atoms with van der Waals surface area (Å²) in [6.07, 6.45) is -1.33. The average molecular weight is 471 g/mol. The Morgan fingerprint density at radius 1 is 1.00 bits per heavy atom. The van der Waals surface area contributed by atoms with Crippen molar-refractivity contribution in [2.45, 2.75) is 13.1 Å². The van der Waals surface area contributed by atoms with Gasteiger partial charge in [0.15, 0.2) is 0 Å². The number of halogens is 3. The lowest BCUT2D eigenvalue weighted by molar-refractivity contribution is -0.137. The topological polar surface area (TPSA) is 42.2 Å². The first-order valence-electron chi connectivity index (χ1n) is 10.9. The van der Waals surface area contributed by atoms with Crippen LogP contribution in [-0.4, -0.2) is 15.5 Å². The van der Waals surface area contributed by atoms with E-state index in [1.807, 2.05) is 31.2 Å². The van der Waals surface area contributed by atoms with Crippen molar-refractivity contribution in [2.24, 2.45) is 0 Å². The van der Waals surface area contributed by atoms with Crippen molar-refractivity contribution < 1.29 is 23.1 Å². The summed E-state index contributed by atoms with van der Waals surface area (Å²) in [6.45, 7) is 5.74. The Morgan fingerprint density at radius 3 is 2.40 bits per heavy atom. The van der Waals surface area contributed by atoms with Gasteiger partial charge in [0.05, 0.1) is 22.2 Å². The van der Waals surface area contributed by atoms with E-state index in [0.717, 1.165) is 23.3 Å². The normalized spacial score (nSPS) is 15.4. The molecule has 4 aromatic rings. The Hall–Kier alpha value is -4.32. The van der Waals surface area contributed by atoms with Crippen molar-refractivity contribution in [1.82, 2.24) is 4.57 Å². The van der Waals surface area contributed by atoms with Crippen LogP contribution in [0.3, 0.4) is 0 Å². The molecule has 6 heteroatoms. The molecule has 1 aliphatic rings. The molecule has 0 spiro atoms. The van der Waals surface area contributed by atoms with E-state index in [4.69, 9.17) is 0 Å². The molecule has 1 heterocycles. The van der Waals surface area contributed by atoms with Gasteiger partial charge in [-0.05, 0) is 47.9 Å². The van der Waals surface area contributed by atoms with Crippen molar-refractivity contribution in [3.63, 3.8) is 0 Å². The van der Waals surface area contributed by atoms with Gasteiger partial charge in [-0.2, -0.15) is 13.2 Å². The van der Waals surface area contributed by atoms with Crippen molar-refractivity contribution in [3.05, 3.63) is 125 Å². The quantitative estimate of drug-likeness (QED) is 0.314. The molecule has 1 aliphatic carbocycles. The molecular formula is C29H20F3NO2. The molecule has 0 bridgehead atoms. The molecule has 3 nitrogen and oxygen atoms in total. The highest BCUT2D eigenvalue weighted by Crippen LogP contribution is 2.44. The Balaban J connectivity index is 1.70. The second-order valence-corrected chi connectivity index (χ2v) is 8.34. The molecule has 35 heavy (non-hydrogen) atoms. The fraction of sp³-hybridized carbons (Fsp3) is 0.0690. The zero-order chi connectivity index (χ0) is 24.9. The number of aliphatic hydroxyl groups excluding tert-OH is 1. The van der Waals surface area contributed by atoms with Crippen LogP contribution in [0.5, 0.6) is 0 Å². The van der Waals surface area contributed by atoms with Crippen molar-refractivity contribution in [1.29, 1.82) is 0 Å². The smallest absolute Gasteiger partial charge is 0.416 e. The zero-order valence-electron chi connectivity index (χ0n) is 18.7. The molecular weight excluding hydrogens is 451 g/mol. The highest BCUT2D eigenvalue weighted by atomic mass is 19.4. The second kappa shape index (κ2) is 8.17. The van der Waals surface area contributed by atoms with Crippen LogP contribution in [0.4, 0.5) is 13.2 Å². The van der Waals surface area contributed by atoms with E-state index in [-0.39, 0.29) is 22.7 Å². The maximum absolute atomic E-state index is 13.4. The first-order valence-corrected chi connectivity index (χ1v) is 10.9. The van der Waals surface area contributed by atoms with Gasteiger partial charge in [-0.25, -0.2) is 0 Å². The lowest BCUT2D eigenvalue weighted by Gasteiger charge is -2.24. The van der Waals surface area contributed by atoms with Crippen LogP contribution in [0.15, 0.2) is 103 Å². The molecule has 3 aromatic carbocycles. The SMILES string of the molecule is C=C/C(=C1\C(=O)C(c2cn(-c3cccc(C(F)(F)F)c3)c3ccccc23)=C1O)c1ccccc1C. The first kappa shape index (κ1) is 22.5. The average Bonchev–Trinajstić information content (AvgIpc) is 3.21. The molecule has 0 saturated carbocycles. The number of alkyl halides is 3. The van der Waals surface area contributed by atoms with Gasteiger partial charge >= 0.3 is 6.18 Å². The van der Waals surface area contributed by atoms with Crippen molar-refractivity contribution >= 4 is 27.8 Å². The lowest BCUT2D eigenvalue weighted by atomic mass is 9.79. The first-order chi connectivity index (χ1) is 16.7. The monoisotopic (exact) mass is 471 g/mol. The van der Waals surface area contributed by atoms with E-state index < -0.39 is 11.7 Å². The summed E-state index contributed by atoms with van der Waals surface area (Å²) < 4.78 is 41.5. The molecule has 0 amide bonds. The van der Waals surface area contributed by atoms with E-state index in [0.29, 0.717) is 27.7 Å². The van der Waals surface area contributed by atoms with Gasteiger partial charge in [0.25, 0.3) is 0 Å². The summed E-state index contributed by atoms with van der Waals surface area (Å²) in [5.41, 5.74) is 3.19. The minimum atomic E-state index is -4.48. The molecule has 0 unspecified atom stereocenters. The van der Waals surface area contributed by atoms with Crippen LogP contribution < -0.4 is 0 Å². The minimum absolute atomic E-state index is 0.134. The summed E-state index contributed by atoms with van der Waals surface area (Å²) in [5.74, 6) is -0.493. The van der Waals surface area contributed by atoms with Gasteiger partial charge in [-0.15, -0.1) is 0 Å². The maximum atomic E-state index is 13.4. The van der Waals surface area contributed by atoms with Crippen LogP contribution in [-0.2, 0) is 11.0 Å². The van der Waals surface area contributed by atoms with Gasteiger partial charge in [-0.3, -0.25) is 4.79 Å². The van der Waals surface area contributed by atoms with Gasteiger partial charge in [0.2, 0.25) is 5.78 Å². The lowest BCUT2D eigenvalue weighted by Crippen LogP contribution is -2.22. The number of para-hydroxylation sites is 1. The number of hydrogen-bond donors (Lipinski definition) is 1. The Morgan fingerprint density at radius 2 is 1.71 bits per heavy atom. The van der Waals surface area contributed by atoms with Crippen LogP contribution >= 0.6 is 0 Å². The Labute approximate surface area is 199 Å². The van der Waals surface area contributed by atoms with Crippen LogP contribution in [0.2, 0.25) is 0 Å². The van der Waals surface area contributed by atoms with Crippen LogP contribution in [0.1, 0.15) is 22.3 Å². The third-order valence-electron chi connectivity index (χ3n) is 6.27. The predicted octanol–water partition coefficient (Wildman–Crippen LogP) is 7.45. The number of aromatic nitrogens is 1. The Bertz CT molecular complexity index is 1590. The van der Waals surface area contributed by atoms with Gasteiger partial charge in [0.1, 0.15) is 5.76 Å². The highest BCUT2D eigenvalue weighted by Gasteiger charge is 2.38. The number of nitrogens with zero attached hydrogens (tertiary/aromatic N) is 1. The number of aliphatic hydroxyl groups is 1. The van der Waals surface area contributed by atoms with E-state index in [9.17, 15) is 23.1 Å². The highest BCUT2D eigenvalue weighted by molar-refractivity contribution is 6.42. The largest absolute Gasteiger partial charge is 0.506 e. The van der Waals surface area contributed by atoms with Crippen LogP contribution in [0.25, 0.3) is 27.7 Å². The van der Waals surface area contributed by atoms with E-state index in [2.05, 4.69) is 6.58 Å². The fourth-order valence-corrected chi connectivity index (χ4v) is 4.55. The summed E-state index contributed by atoms with van der Waals surface area (Å²) in [7, 11) is 0. The number of rotatable bonds is 4. The second-order valence-electron chi connectivity index (χ2n) is 8.34. The molecule has 5 rings (SSSR count). The molecule has 0 atom stereocenters. The van der Waals surface area contributed by atoms with Crippen molar-refractivity contribution in [2.75, 3.05) is 0 Å². The molecule has 0 saturated heterocycles. The summed E-state index contributed by atoms with van der Waals surface area (Å²) in [6, 6.07) is 19.6. The molecule has 1 N–H and O–H groups in total. The number of fused-ring (bicyclic) bond motifs is 1. The maximum Gasteiger partial charge on any atom is 0.416 e. The molecule has 1 aromatic heterocycles. The number of Topliss-reactive ketones (excluding diaryl/α,β-unsaturated/α-hetero) is 1. The third kappa shape index (κ3) is 3.58. The van der Waals surface area contributed by atoms with E-state index in [1.54, 1.807) is 47.2 Å². The van der Waals surface area contributed by atoms with Crippen molar-refractivity contribution in [3.8, 4) is 5.69 Å². The molecule has 0 fully saturated rings. The number of benzene rings is 3. The van der Waals surface area contributed by atoms with Gasteiger partial charge in [-0.1, -0.05) is 61.2 Å². The summed E-state index contributed by atoms with van der Waals surface area (Å²) in [5, 5.41) is 11.7.